The number of terminal acetylenes is 3. The van der Waals surface area contributed by atoms with Gasteiger partial charge in [-0.25, -0.2) is 0 Å². The molecule has 34 nitrogen and oxygen atoms in total. The van der Waals surface area contributed by atoms with Gasteiger partial charge in [0.25, 0.3) is 29.5 Å². The van der Waals surface area contributed by atoms with Gasteiger partial charge in [0.15, 0.2) is 0 Å². The molecule has 0 fully saturated rings. The van der Waals surface area contributed by atoms with E-state index < -0.39 is 59.7 Å². The van der Waals surface area contributed by atoms with Gasteiger partial charge in [-0.05, 0) is 197 Å². The first-order valence-corrected chi connectivity index (χ1v) is 35.1. The number of ether oxygens (including phenoxy) is 3. The van der Waals surface area contributed by atoms with Gasteiger partial charge >= 0.3 is 0 Å². The second kappa shape index (κ2) is 58.5. The number of nitrogens with two attached hydrogens (primary N) is 10. The van der Waals surface area contributed by atoms with Crippen molar-refractivity contribution in [3.63, 3.8) is 0 Å². The summed E-state index contributed by atoms with van der Waals surface area (Å²) >= 11 is 0. The molecule has 0 aliphatic heterocycles. The van der Waals surface area contributed by atoms with E-state index in [1.54, 1.807) is 121 Å². The summed E-state index contributed by atoms with van der Waals surface area (Å²) in [5, 5.41) is 20.9. The van der Waals surface area contributed by atoms with Crippen LogP contribution in [0.4, 0.5) is 0 Å². The minimum absolute atomic E-state index is 0.106. The molecule has 0 radical (unpaired) electrons. The van der Waals surface area contributed by atoms with Gasteiger partial charge in [0, 0.05) is 64.8 Å². The van der Waals surface area contributed by atoms with Crippen LogP contribution < -0.4 is 98.1 Å². The highest BCUT2D eigenvalue weighted by Gasteiger charge is 2.16. The van der Waals surface area contributed by atoms with E-state index in [1.165, 1.54) is 0 Å². The Balaban J connectivity index is 0.000000687. The molecule has 0 aliphatic rings. The Kier molecular flexibility index (Phi) is 50.7. The van der Waals surface area contributed by atoms with Crippen molar-refractivity contribution in [1.29, 1.82) is 0 Å². The van der Waals surface area contributed by atoms with E-state index in [0.29, 0.717) is 136 Å². The molecular weight excluding hydrogens is 1410 g/mol. The van der Waals surface area contributed by atoms with Crippen molar-refractivity contribution in [2.24, 2.45) is 67.6 Å². The molecule has 0 saturated carbocycles. The Bertz CT molecular complexity index is 3920. The fraction of sp³-hybridized carbons (Fsp3) is 0.395. The van der Waals surface area contributed by atoms with Crippen LogP contribution in [0, 0.1) is 37.0 Å². The molecular formula is C76H103N21O13. The molecule has 0 heterocycles. The number of hydrogen-bond donors (Lipinski definition) is 15. The number of nitrogens with one attached hydrogen (secondary N) is 5. The van der Waals surface area contributed by atoms with Crippen molar-refractivity contribution in [1.82, 2.24) is 26.6 Å². The van der Waals surface area contributed by atoms with Gasteiger partial charge < -0.3 is 98.1 Å². The zero-order valence-corrected chi connectivity index (χ0v) is 61.6. The Labute approximate surface area is 640 Å². The number of azide groups is 2. The number of carbonyl (C=O) groups is 10. The quantitative estimate of drug-likeness (QED) is 0.00869. The van der Waals surface area contributed by atoms with Crippen LogP contribution >= 0.6 is 0 Å². The van der Waals surface area contributed by atoms with E-state index in [-0.39, 0.29) is 62.4 Å². The highest BCUT2D eigenvalue weighted by molar-refractivity contribution is 5.97. The van der Waals surface area contributed by atoms with Crippen LogP contribution in [0.1, 0.15) is 159 Å². The fourth-order valence-electron chi connectivity index (χ4n) is 9.05. The van der Waals surface area contributed by atoms with Crippen molar-refractivity contribution in [3.8, 4) is 54.3 Å². The summed E-state index contributed by atoms with van der Waals surface area (Å²) in [6, 6.07) is 31.0. The smallest absolute Gasteiger partial charge is 0.255 e. The molecule has 0 spiro atoms. The highest BCUT2D eigenvalue weighted by atomic mass is 16.5. The Morgan fingerprint density at radius 1 is 0.364 bits per heavy atom. The van der Waals surface area contributed by atoms with Crippen LogP contribution in [0.5, 0.6) is 17.2 Å². The van der Waals surface area contributed by atoms with E-state index >= 15 is 0 Å². The SMILES string of the molecule is C#CCOc1ccc(C(=O)NCCCC[C@H](N)C(N)=O)cc1.C#CCOc1cccc(C(=O)NCCCC[C@H](N)C(N)=O)c1.C#CCOc1ccccc1C(=O)NCCCC[C@H](N)C(N)=O.[N-]=[N+]=NCc1ccc(C(=O)NCCCC[C@H](N)C(N)=O)cc1.[N-]=[N+]=NCc1cccc(C(=O)NCCCC[C@H](N)C(N)=O)c1. The lowest BCUT2D eigenvalue weighted by atomic mass is 10.1. The second-order valence-corrected chi connectivity index (χ2v) is 24.0. The van der Waals surface area contributed by atoms with Crippen LogP contribution in [0.3, 0.4) is 0 Å². The summed E-state index contributed by atoms with van der Waals surface area (Å²) < 4.78 is 15.8. The molecule has 0 bridgehead atoms. The van der Waals surface area contributed by atoms with Crippen molar-refractivity contribution in [2.45, 2.75) is 140 Å². The van der Waals surface area contributed by atoms with Crippen LogP contribution in [0.2, 0.25) is 0 Å². The highest BCUT2D eigenvalue weighted by Crippen LogP contribution is 2.19. The third-order valence-electron chi connectivity index (χ3n) is 15.3. The number of carbonyl (C=O) groups excluding carboxylic acids is 10. The molecule has 5 aromatic rings. The Hall–Kier alpha value is -12.7. The summed E-state index contributed by atoms with van der Waals surface area (Å²) in [6.45, 7) is 3.42. The monoisotopic (exact) mass is 1520 g/mol. The number of benzene rings is 5. The molecule has 5 atom stereocenters. The predicted molar refractivity (Wildman–Crippen MR) is 418 cm³/mol. The maximum atomic E-state index is 12.1. The molecule has 590 valence electrons. The Morgan fingerprint density at radius 3 is 1.07 bits per heavy atom. The second-order valence-electron chi connectivity index (χ2n) is 24.0. The molecule has 25 N–H and O–H groups in total. The zero-order chi connectivity index (χ0) is 81.9. The molecule has 5 rings (SSSR count). The van der Waals surface area contributed by atoms with Gasteiger partial charge in [0.1, 0.15) is 37.1 Å². The summed E-state index contributed by atoms with van der Waals surface area (Å²) in [7, 11) is 0. The molecule has 0 unspecified atom stereocenters. The number of hydrogen-bond acceptors (Lipinski definition) is 20. The minimum Gasteiger partial charge on any atom is -0.481 e. The molecule has 5 aromatic carbocycles. The van der Waals surface area contributed by atoms with Crippen molar-refractivity contribution in [3.05, 3.63) is 181 Å². The van der Waals surface area contributed by atoms with Gasteiger partial charge in [-0.1, -0.05) is 70.5 Å². The zero-order valence-electron chi connectivity index (χ0n) is 61.6. The first-order chi connectivity index (χ1) is 52.7. The molecule has 0 aromatic heterocycles. The lowest BCUT2D eigenvalue weighted by Crippen LogP contribution is -2.36. The van der Waals surface area contributed by atoms with Crippen LogP contribution in [0.25, 0.3) is 20.9 Å². The van der Waals surface area contributed by atoms with E-state index in [4.69, 9.17) is 102 Å². The summed E-state index contributed by atoms with van der Waals surface area (Å²) in [5.41, 5.74) is 73.6. The number of nitrogens with zero attached hydrogens (tertiary/aromatic N) is 6. The third kappa shape index (κ3) is 44.3. The van der Waals surface area contributed by atoms with Crippen molar-refractivity contribution in [2.75, 3.05) is 52.5 Å². The topological polar surface area (TPSA) is 616 Å². The summed E-state index contributed by atoms with van der Waals surface area (Å²) in [5.74, 6) is 5.23. The maximum Gasteiger partial charge on any atom is 0.255 e. The molecule has 110 heavy (non-hydrogen) atoms. The van der Waals surface area contributed by atoms with Gasteiger partial charge in [0.05, 0.1) is 48.9 Å². The van der Waals surface area contributed by atoms with Gasteiger partial charge in [0.2, 0.25) is 29.5 Å². The van der Waals surface area contributed by atoms with Crippen molar-refractivity contribution < 1.29 is 62.2 Å². The van der Waals surface area contributed by atoms with Gasteiger partial charge in [-0.3, -0.25) is 47.9 Å². The number of amides is 10. The first kappa shape index (κ1) is 95.3. The largest absolute Gasteiger partial charge is 0.481 e. The van der Waals surface area contributed by atoms with E-state index in [1.807, 2.05) is 0 Å². The standard InChI is InChI=1S/3C16H21N3O3.2C14H20N6O2/c1-2-10-22-13-7-5-6-12(11-13)16(21)19-9-4-3-8-14(17)15(18)20;1-2-11-22-14-9-4-3-7-12(14)16(21)19-10-6-5-8-13(17)15(18)20;1-2-11-22-13-8-6-12(7-9-13)16(21)19-10-4-3-5-14(17)15(18)20;15-12(13(16)21)6-1-2-7-18-14(22)11-5-3-4-10(8-11)9-19-20-17;15-12(13(16)21)3-1-2-8-18-14(22)11-6-4-10(5-7-11)9-19-20-17/h1,5-7,11,14H,3-4,8-10,17H2,(H2,18,20)(H,19,21);1,3-4,7,9,13H,5-6,8,10-11,17H2,(H2,18,20)(H,19,21);1,6-9,14H,3-5,10-11,17H2,(H2,18,20)(H,19,21);3-5,8,12H,1-2,6-7,9,15H2,(H2,16,21)(H,18,22);4-7,12H,1-3,8-9,15H2,(H2,16,21)(H,18,22)/t14-;13-;14-;2*12-/m00000/s1. The van der Waals surface area contributed by atoms with Crippen molar-refractivity contribution >= 4 is 59.1 Å². The van der Waals surface area contributed by atoms with E-state index in [2.05, 4.69) is 64.4 Å². The average molecular weight is 1520 g/mol. The van der Waals surface area contributed by atoms with Gasteiger partial charge in [-0.2, -0.15) is 0 Å². The number of primary amides is 5. The maximum absolute atomic E-state index is 12.1. The van der Waals surface area contributed by atoms with Crippen LogP contribution in [-0.4, -0.2) is 142 Å². The number of rotatable bonds is 45. The normalized spacial score (nSPS) is 11.3. The molecule has 0 saturated heterocycles. The van der Waals surface area contributed by atoms with Crippen LogP contribution in [-0.2, 0) is 37.1 Å². The van der Waals surface area contributed by atoms with E-state index in [9.17, 15) is 47.9 Å². The van der Waals surface area contributed by atoms with Gasteiger partial charge in [-0.15, -0.1) is 19.3 Å². The lowest BCUT2D eigenvalue weighted by Gasteiger charge is -2.10. The fourth-order valence-corrected chi connectivity index (χ4v) is 9.05. The number of unbranched alkanes of at least 4 members (excludes halogenated alkanes) is 5. The summed E-state index contributed by atoms with van der Waals surface area (Å²) in [6.07, 6.45) is 25.1. The minimum atomic E-state index is -0.631. The van der Waals surface area contributed by atoms with E-state index in [0.717, 1.165) is 49.7 Å². The molecule has 34 heteroatoms. The lowest BCUT2D eigenvalue weighted by molar-refractivity contribution is -0.120. The molecule has 0 aliphatic carbocycles. The predicted octanol–water partition coefficient (Wildman–Crippen LogP) is 3.65. The Morgan fingerprint density at radius 2 is 0.691 bits per heavy atom. The molecule has 10 amide bonds. The first-order valence-electron chi connectivity index (χ1n) is 35.1. The third-order valence-corrected chi connectivity index (χ3v) is 15.3. The summed E-state index contributed by atoms with van der Waals surface area (Å²) in [4.78, 5) is 119. The van der Waals surface area contributed by atoms with Crippen LogP contribution in [0.15, 0.2) is 132 Å². The average Bonchev–Trinajstić information content (AvgIpc) is 0.888. The number of para-hydroxylation sites is 1.